The van der Waals surface area contributed by atoms with E-state index in [9.17, 15) is 4.79 Å². The zero-order valence-electron chi connectivity index (χ0n) is 6.34. The third kappa shape index (κ3) is 10.4. The molecule has 0 unspecified atom stereocenters. The van der Waals surface area contributed by atoms with Crippen LogP contribution >= 0.6 is 24.4 Å². The van der Waals surface area contributed by atoms with Gasteiger partial charge in [-0.2, -0.15) is 0 Å². The molecule has 0 aliphatic carbocycles. The molecule has 0 bridgehead atoms. The minimum absolute atomic E-state index is 0. The number of thiol groups is 1. The van der Waals surface area contributed by atoms with Gasteiger partial charge in [0, 0.05) is 5.25 Å². The molecule has 0 aromatic rings. The Morgan fingerprint density at radius 1 is 1.75 bits per heavy atom. The summed E-state index contributed by atoms with van der Waals surface area (Å²) in [7, 11) is 0. The van der Waals surface area contributed by atoms with Crippen molar-refractivity contribution in [3.05, 3.63) is 0 Å². The molecule has 0 fully saturated rings. The summed E-state index contributed by atoms with van der Waals surface area (Å²) < 4.78 is -0.102. The Kier molecular flexibility index (Phi) is 9.80. The fourth-order valence-corrected chi connectivity index (χ4v) is 1.24. The van der Waals surface area contributed by atoms with Crippen molar-refractivity contribution in [2.24, 2.45) is 0 Å². The molecule has 0 aliphatic heterocycles. The molecule has 8 heavy (non-hydrogen) atoms. The molecule has 0 aromatic heterocycles. The largest absolute Gasteiger partial charge is 1.00 e. The summed E-state index contributed by atoms with van der Waals surface area (Å²) in [5.74, 6) is 0. The molecular weight excluding hydrogens is 151 g/mol. The number of carbonyl (C=O) groups is 1. The quantitative estimate of drug-likeness (QED) is 0.403. The number of carbonyl (C=O) groups excluding carboxylic acids is 1. The van der Waals surface area contributed by atoms with Gasteiger partial charge in [0.25, 0.3) is 0 Å². The second-order valence-corrected chi connectivity index (χ2v) is 3.69. The van der Waals surface area contributed by atoms with Crippen LogP contribution in [0.2, 0.25) is 0 Å². The van der Waals surface area contributed by atoms with Crippen LogP contribution in [0.15, 0.2) is 0 Å². The van der Waals surface area contributed by atoms with E-state index in [0.29, 0.717) is 5.25 Å². The minimum Gasteiger partial charge on any atom is -1.00 e. The first-order valence-electron chi connectivity index (χ1n) is 2.02. The third-order valence-corrected chi connectivity index (χ3v) is 1.33. The first-order chi connectivity index (χ1) is 3.13. The summed E-state index contributed by atoms with van der Waals surface area (Å²) in [6.45, 7) is 3.91. The Labute approximate surface area is 83.2 Å². The van der Waals surface area contributed by atoms with Gasteiger partial charge in [0.1, 0.15) is 0 Å². The van der Waals surface area contributed by atoms with Crippen LogP contribution in [0.3, 0.4) is 0 Å². The molecule has 0 amide bonds. The van der Waals surface area contributed by atoms with Crippen LogP contribution in [0.5, 0.6) is 0 Å². The van der Waals surface area contributed by atoms with Gasteiger partial charge >= 0.3 is 29.6 Å². The van der Waals surface area contributed by atoms with E-state index in [4.69, 9.17) is 0 Å². The van der Waals surface area contributed by atoms with Crippen molar-refractivity contribution in [2.45, 2.75) is 19.1 Å². The van der Waals surface area contributed by atoms with Crippen LogP contribution in [0.1, 0.15) is 15.3 Å². The Hall–Kier alpha value is 1.37. The van der Waals surface area contributed by atoms with Gasteiger partial charge in [-0.15, -0.1) is 0 Å². The molecule has 0 aromatic carbocycles. The van der Waals surface area contributed by atoms with Crippen molar-refractivity contribution in [3.63, 3.8) is 0 Å². The maximum Gasteiger partial charge on any atom is 1.00 e. The van der Waals surface area contributed by atoms with Gasteiger partial charge in [0.2, 0.25) is 4.45 Å². The van der Waals surface area contributed by atoms with Crippen LogP contribution in [0, 0.1) is 0 Å². The smallest absolute Gasteiger partial charge is 1.00 e. The first kappa shape index (κ1) is 12.1. The minimum atomic E-state index is -0.102. The number of thioether (sulfide) groups is 1. The van der Waals surface area contributed by atoms with E-state index in [1.54, 1.807) is 0 Å². The second kappa shape index (κ2) is 6.49. The van der Waals surface area contributed by atoms with E-state index in [1.165, 1.54) is 11.8 Å². The zero-order valence-corrected chi connectivity index (χ0v) is 9.05. The summed E-state index contributed by atoms with van der Waals surface area (Å²) in [6.07, 6.45) is 0. The van der Waals surface area contributed by atoms with Crippen LogP contribution in [0.25, 0.3) is 0 Å². The fourth-order valence-electron chi connectivity index (χ4n) is 0.202. The van der Waals surface area contributed by atoms with Crippen LogP contribution in [0.4, 0.5) is 4.79 Å². The zero-order chi connectivity index (χ0) is 5.86. The summed E-state index contributed by atoms with van der Waals surface area (Å²) in [5.41, 5.74) is 0. The molecule has 0 N–H and O–H groups in total. The number of hydrogen-bond donors (Lipinski definition) is 1. The molecule has 44 valence electrons. The topological polar surface area (TPSA) is 17.1 Å². The van der Waals surface area contributed by atoms with E-state index in [2.05, 4.69) is 12.6 Å². The van der Waals surface area contributed by atoms with E-state index < -0.39 is 0 Å². The van der Waals surface area contributed by atoms with Gasteiger partial charge < -0.3 is 1.43 Å². The molecule has 4 heteroatoms. The standard InChI is InChI=1S/C4H8OS2.Na.H/c1-3(2)7-4(5)6;;/h3H,1-2H3,(H,5,6);;/q;+1;-1. The molecule has 0 saturated heterocycles. The van der Waals surface area contributed by atoms with Gasteiger partial charge in [0.15, 0.2) is 0 Å². The van der Waals surface area contributed by atoms with E-state index in [-0.39, 0.29) is 35.4 Å². The average molecular weight is 160 g/mol. The average Bonchev–Trinajstić information content (AvgIpc) is 1.27. The fraction of sp³-hybridized carbons (Fsp3) is 0.750. The summed E-state index contributed by atoms with van der Waals surface area (Å²) in [6, 6.07) is 0. The predicted octanol–water partition coefficient (Wildman–Crippen LogP) is -0.706. The van der Waals surface area contributed by atoms with E-state index in [1.807, 2.05) is 13.8 Å². The second-order valence-electron chi connectivity index (χ2n) is 1.43. The monoisotopic (exact) mass is 160 g/mol. The maximum atomic E-state index is 10.1. The van der Waals surface area contributed by atoms with Gasteiger partial charge in [0.05, 0.1) is 0 Å². The predicted molar refractivity (Wildman–Crippen MR) is 38.2 cm³/mol. The Balaban J connectivity index is -0.000000180. The third-order valence-electron chi connectivity index (χ3n) is 0.337. The van der Waals surface area contributed by atoms with Crippen LogP contribution in [-0.2, 0) is 0 Å². The molecule has 0 saturated carbocycles. The van der Waals surface area contributed by atoms with E-state index >= 15 is 0 Å². The molecule has 0 rings (SSSR count). The van der Waals surface area contributed by atoms with Crippen molar-refractivity contribution >= 4 is 28.8 Å². The van der Waals surface area contributed by atoms with Crippen LogP contribution in [-0.4, -0.2) is 9.70 Å². The first-order valence-corrected chi connectivity index (χ1v) is 3.35. The Morgan fingerprint density at radius 3 is 2.12 bits per heavy atom. The van der Waals surface area contributed by atoms with Gasteiger partial charge in [-0.05, 0) is 0 Å². The molecule has 0 radical (unpaired) electrons. The SMILES string of the molecule is CC(C)SC(=O)S.[H-].[Na+]. The van der Waals surface area contributed by atoms with Crippen LogP contribution < -0.4 is 29.6 Å². The molecule has 1 nitrogen and oxygen atoms in total. The summed E-state index contributed by atoms with van der Waals surface area (Å²) in [4.78, 5) is 10.1. The normalized spacial score (nSPS) is 8.50. The summed E-state index contributed by atoms with van der Waals surface area (Å²) >= 11 is 4.80. The molecule has 0 heterocycles. The van der Waals surface area contributed by atoms with E-state index in [0.717, 1.165) is 0 Å². The number of hydrogen-bond acceptors (Lipinski definition) is 2. The molecule has 0 atom stereocenters. The van der Waals surface area contributed by atoms with Crippen molar-refractivity contribution in [1.29, 1.82) is 0 Å². The molecule has 0 spiro atoms. The van der Waals surface area contributed by atoms with Gasteiger partial charge in [-0.25, -0.2) is 0 Å². The van der Waals surface area contributed by atoms with Crippen molar-refractivity contribution in [2.75, 3.05) is 0 Å². The van der Waals surface area contributed by atoms with Gasteiger partial charge in [-0.3, -0.25) is 4.79 Å². The number of rotatable bonds is 1. The van der Waals surface area contributed by atoms with Crippen molar-refractivity contribution in [1.82, 2.24) is 0 Å². The Morgan fingerprint density at radius 2 is 2.12 bits per heavy atom. The maximum absolute atomic E-state index is 10.1. The van der Waals surface area contributed by atoms with Crippen molar-refractivity contribution in [3.8, 4) is 0 Å². The Bertz CT molecular complexity index is 79.0. The molecular formula is C4H9NaOS2. The summed E-state index contributed by atoms with van der Waals surface area (Å²) in [5, 5.41) is 0.366. The van der Waals surface area contributed by atoms with Gasteiger partial charge in [-0.1, -0.05) is 38.2 Å². The van der Waals surface area contributed by atoms with Crippen molar-refractivity contribution < 1.29 is 35.8 Å². The molecule has 0 aliphatic rings.